The van der Waals surface area contributed by atoms with E-state index in [9.17, 15) is 9.90 Å². The molecule has 1 aromatic carbocycles. The molecule has 0 radical (unpaired) electrons. The minimum atomic E-state index is -1.19. The summed E-state index contributed by atoms with van der Waals surface area (Å²) >= 11 is 4.68. The second kappa shape index (κ2) is 6.38. The topological polar surface area (TPSA) is 83.6 Å². The number of benzene rings is 1. The molecule has 2 rings (SSSR count). The van der Waals surface area contributed by atoms with Gasteiger partial charge in [-0.3, -0.25) is 0 Å². The predicted octanol–water partition coefficient (Wildman–Crippen LogP) is 3.38. The van der Waals surface area contributed by atoms with Crippen LogP contribution in [0.1, 0.15) is 26.8 Å². The Hall–Kier alpha value is -1.08. The van der Waals surface area contributed by atoms with Crippen molar-refractivity contribution in [3.63, 3.8) is 0 Å². The summed E-state index contributed by atoms with van der Waals surface area (Å²) in [6.07, 6.45) is 0. The molecule has 4 N–H and O–H groups in total. The highest BCUT2D eigenvalue weighted by atomic mass is 79.9. The molecular formula is C12H11BrClNO3S. The molecule has 0 unspecified atom stereocenters. The van der Waals surface area contributed by atoms with Gasteiger partial charge in [-0.1, -0.05) is 22.0 Å². The van der Waals surface area contributed by atoms with Gasteiger partial charge in [-0.05, 0) is 23.6 Å². The molecule has 1 aromatic heterocycles. The summed E-state index contributed by atoms with van der Waals surface area (Å²) in [7, 11) is 0. The Kier molecular flexibility index (Phi) is 5.37. The number of aromatic hydroxyl groups is 1. The summed E-state index contributed by atoms with van der Waals surface area (Å²) < 4.78 is 0.569. The van der Waals surface area contributed by atoms with Crippen molar-refractivity contribution in [2.24, 2.45) is 5.73 Å². The minimum absolute atomic E-state index is 0. The number of nitrogens with two attached hydrogens (primary N) is 1. The zero-order valence-electron chi connectivity index (χ0n) is 9.54. The number of hydrogen-bond donors (Lipinski definition) is 3. The van der Waals surface area contributed by atoms with E-state index >= 15 is 0 Å². The van der Waals surface area contributed by atoms with E-state index < -0.39 is 12.0 Å². The lowest BCUT2D eigenvalue weighted by atomic mass is 10.0. The first-order valence-electron chi connectivity index (χ1n) is 5.05. The first-order chi connectivity index (χ1) is 8.50. The normalized spacial score (nSPS) is 11.7. The summed E-state index contributed by atoms with van der Waals surface area (Å²) in [5.41, 5.74) is 6.27. The van der Waals surface area contributed by atoms with E-state index in [1.807, 2.05) is 17.5 Å². The van der Waals surface area contributed by atoms with Crippen molar-refractivity contribution in [1.29, 1.82) is 0 Å². The molecule has 4 nitrogen and oxygen atoms in total. The van der Waals surface area contributed by atoms with Crippen LogP contribution in [-0.4, -0.2) is 16.2 Å². The van der Waals surface area contributed by atoms with Crippen LogP contribution in [0, 0.1) is 0 Å². The van der Waals surface area contributed by atoms with E-state index in [0.29, 0.717) is 10.0 Å². The Morgan fingerprint density at radius 2 is 2.11 bits per heavy atom. The number of hydrogen-bond acceptors (Lipinski definition) is 4. The van der Waals surface area contributed by atoms with Crippen LogP contribution in [0.2, 0.25) is 0 Å². The predicted molar refractivity (Wildman–Crippen MR) is 80.4 cm³/mol. The van der Waals surface area contributed by atoms with Crippen molar-refractivity contribution < 1.29 is 15.0 Å². The van der Waals surface area contributed by atoms with Crippen molar-refractivity contribution in [3.8, 4) is 5.75 Å². The van der Waals surface area contributed by atoms with Gasteiger partial charge < -0.3 is 15.9 Å². The number of thiophene rings is 1. The van der Waals surface area contributed by atoms with E-state index in [0.717, 1.165) is 4.88 Å². The Bertz CT molecular complexity index is 589. The highest BCUT2D eigenvalue weighted by Crippen LogP contribution is 2.35. The van der Waals surface area contributed by atoms with Gasteiger partial charge in [-0.15, -0.1) is 23.7 Å². The van der Waals surface area contributed by atoms with Crippen LogP contribution in [0.5, 0.6) is 5.75 Å². The average molecular weight is 365 g/mol. The zero-order valence-corrected chi connectivity index (χ0v) is 12.8. The number of carbonyl (C=O) groups is 1. The third-order valence-corrected chi connectivity index (χ3v) is 3.93. The van der Waals surface area contributed by atoms with Gasteiger partial charge in [0.25, 0.3) is 0 Å². The molecule has 19 heavy (non-hydrogen) atoms. The van der Waals surface area contributed by atoms with Crippen molar-refractivity contribution in [2.75, 3.05) is 0 Å². The van der Waals surface area contributed by atoms with E-state index in [1.54, 1.807) is 6.07 Å². The van der Waals surface area contributed by atoms with E-state index in [4.69, 9.17) is 10.8 Å². The number of rotatable bonds is 3. The molecule has 0 aliphatic carbocycles. The summed E-state index contributed by atoms with van der Waals surface area (Å²) in [6, 6.07) is 6.14. The fraction of sp³-hybridized carbons (Fsp3) is 0.0833. The van der Waals surface area contributed by atoms with Crippen LogP contribution < -0.4 is 5.73 Å². The molecule has 0 aliphatic rings. The second-order valence-electron chi connectivity index (χ2n) is 3.69. The first-order valence-corrected chi connectivity index (χ1v) is 6.72. The van der Waals surface area contributed by atoms with Gasteiger partial charge in [-0.25, -0.2) is 4.79 Å². The molecule has 0 bridgehead atoms. The molecule has 1 atom stereocenters. The average Bonchev–Trinajstić information content (AvgIpc) is 2.84. The van der Waals surface area contributed by atoms with Crippen LogP contribution in [0.15, 0.2) is 34.1 Å². The van der Waals surface area contributed by atoms with Gasteiger partial charge in [0.1, 0.15) is 11.3 Å². The van der Waals surface area contributed by atoms with Crippen molar-refractivity contribution >= 4 is 45.6 Å². The van der Waals surface area contributed by atoms with Crippen molar-refractivity contribution in [2.45, 2.75) is 6.04 Å². The lowest BCUT2D eigenvalue weighted by Crippen LogP contribution is -2.12. The van der Waals surface area contributed by atoms with Gasteiger partial charge in [0.15, 0.2) is 0 Å². The van der Waals surface area contributed by atoms with E-state index in [1.165, 1.54) is 17.4 Å². The van der Waals surface area contributed by atoms with Gasteiger partial charge >= 0.3 is 5.97 Å². The van der Waals surface area contributed by atoms with Gasteiger partial charge in [0, 0.05) is 14.9 Å². The monoisotopic (exact) mass is 363 g/mol. The van der Waals surface area contributed by atoms with Crippen LogP contribution in [0.25, 0.3) is 0 Å². The van der Waals surface area contributed by atoms with Crippen LogP contribution in [0.3, 0.4) is 0 Å². The Balaban J connectivity index is 0.00000180. The molecule has 0 saturated heterocycles. The number of aromatic carboxylic acids is 1. The highest BCUT2D eigenvalue weighted by Gasteiger charge is 2.20. The molecule has 0 aliphatic heterocycles. The molecule has 0 spiro atoms. The van der Waals surface area contributed by atoms with E-state index in [-0.39, 0.29) is 23.7 Å². The number of halogens is 2. The van der Waals surface area contributed by atoms with E-state index in [2.05, 4.69) is 15.9 Å². The van der Waals surface area contributed by atoms with Crippen LogP contribution in [0.4, 0.5) is 0 Å². The summed E-state index contributed by atoms with van der Waals surface area (Å²) in [5.74, 6) is -1.47. The van der Waals surface area contributed by atoms with Gasteiger partial charge in [0.05, 0.1) is 6.04 Å². The Labute approximate surface area is 128 Å². The smallest absolute Gasteiger partial charge is 0.339 e. The van der Waals surface area contributed by atoms with Crippen LogP contribution >= 0.6 is 39.7 Å². The third kappa shape index (κ3) is 3.27. The summed E-state index contributed by atoms with van der Waals surface area (Å²) in [6.45, 7) is 0. The van der Waals surface area contributed by atoms with Crippen molar-refractivity contribution in [1.82, 2.24) is 0 Å². The fourth-order valence-electron chi connectivity index (χ4n) is 1.64. The Morgan fingerprint density at radius 1 is 1.42 bits per heavy atom. The first kappa shape index (κ1) is 16.0. The fourth-order valence-corrected chi connectivity index (χ4v) is 2.86. The van der Waals surface area contributed by atoms with Crippen LogP contribution in [-0.2, 0) is 0 Å². The molecule has 1 heterocycles. The summed E-state index contributed by atoms with van der Waals surface area (Å²) in [5, 5.41) is 20.9. The maximum absolute atomic E-state index is 11.0. The standard InChI is InChI=1S/C12H10BrNO3S.ClH/c13-6-4-7(10(14)9-2-1-3-18-9)11(15)8(5-6)12(16)17;/h1-5,10,15H,14H2,(H,16,17);1H/t10-;/m0./s1. The maximum Gasteiger partial charge on any atom is 0.339 e. The number of phenols is 1. The maximum atomic E-state index is 11.0. The Morgan fingerprint density at radius 3 is 2.63 bits per heavy atom. The SMILES string of the molecule is Cl.N[C@H](c1cccs1)c1cc(Br)cc(C(=O)O)c1O. The molecule has 0 amide bonds. The lowest BCUT2D eigenvalue weighted by Gasteiger charge is -2.14. The zero-order chi connectivity index (χ0) is 13.3. The summed E-state index contributed by atoms with van der Waals surface area (Å²) in [4.78, 5) is 11.9. The highest BCUT2D eigenvalue weighted by molar-refractivity contribution is 9.10. The number of carboxylic acids is 1. The quantitative estimate of drug-likeness (QED) is 0.779. The minimum Gasteiger partial charge on any atom is -0.507 e. The van der Waals surface area contributed by atoms with Gasteiger partial charge in [0.2, 0.25) is 0 Å². The molecular weight excluding hydrogens is 354 g/mol. The number of carboxylic acid groups (broad SMARTS) is 1. The molecule has 7 heteroatoms. The largest absolute Gasteiger partial charge is 0.507 e. The van der Waals surface area contributed by atoms with Crippen molar-refractivity contribution in [3.05, 3.63) is 50.1 Å². The lowest BCUT2D eigenvalue weighted by molar-refractivity contribution is 0.0693. The third-order valence-electron chi connectivity index (χ3n) is 2.52. The molecule has 2 aromatic rings. The van der Waals surface area contributed by atoms with Gasteiger partial charge in [-0.2, -0.15) is 0 Å². The second-order valence-corrected chi connectivity index (χ2v) is 5.58. The molecule has 102 valence electrons. The molecule has 0 fully saturated rings. The molecule has 0 saturated carbocycles.